The summed E-state index contributed by atoms with van der Waals surface area (Å²) >= 11 is 0. The van der Waals surface area contributed by atoms with E-state index in [0.717, 1.165) is 17.7 Å². The molecule has 0 spiro atoms. The summed E-state index contributed by atoms with van der Waals surface area (Å²) in [4.78, 5) is 21.9. The zero-order valence-corrected chi connectivity index (χ0v) is 25.8. The number of nitrogens with two attached hydrogens (primary N) is 2. The number of anilines is 1. The van der Waals surface area contributed by atoms with Crippen LogP contribution in [-0.4, -0.2) is 62.9 Å². The van der Waals surface area contributed by atoms with Gasteiger partial charge in [-0.15, -0.1) is 3.89 Å². The highest BCUT2D eigenvalue weighted by Crippen LogP contribution is 2.21. The lowest BCUT2D eigenvalue weighted by Gasteiger charge is -2.38. The second-order valence-corrected chi connectivity index (χ2v) is 12.8. The number of carbonyl (C=O) groups excluding carboxylic acids is 1. The topological polar surface area (TPSA) is 207 Å². The van der Waals surface area contributed by atoms with Crippen LogP contribution in [0.4, 0.5) is 9.57 Å². The molecule has 44 heavy (non-hydrogen) atoms. The second kappa shape index (κ2) is 13.8. The Morgan fingerprint density at radius 3 is 2.05 bits per heavy atom. The standard InChI is InChI=1S/C21H25FN6O4S.C7H8O3S/c1-21(2)27-19(23)26-20(24)28(21)12-3-13-32-16-8-6-15(7-9-16)25-18(29)14-4-10-17(11-5-14)33(22,30)31;1-6-2-4-7(5-3-6)11(8,9)10/h4-11H,3,12-13H2,1-2H3,(H,25,29)(H4,23,24,26,27);2-5H,1H3,(H,8,9,10). The number of amides is 1. The first-order chi connectivity index (χ1) is 20.5. The first-order valence-electron chi connectivity index (χ1n) is 13.1. The fourth-order valence-electron chi connectivity index (χ4n) is 3.94. The second-order valence-electron chi connectivity index (χ2n) is 10.0. The Balaban J connectivity index is 0.000000404. The first kappa shape index (κ1) is 34.0. The highest BCUT2D eigenvalue weighted by molar-refractivity contribution is 7.86. The Labute approximate surface area is 255 Å². The molecule has 0 aromatic heterocycles. The lowest BCUT2D eigenvalue weighted by atomic mass is 10.2. The molecular formula is C28H33FN6O7S2. The van der Waals surface area contributed by atoms with E-state index in [-0.39, 0.29) is 16.4 Å². The maximum absolute atomic E-state index is 12.9. The smallest absolute Gasteiger partial charge is 0.332 e. The summed E-state index contributed by atoms with van der Waals surface area (Å²) in [5, 5.41) is 2.68. The van der Waals surface area contributed by atoms with Gasteiger partial charge in [0.2, 0.25) is 11.9 Å². The van der Waals surface area contributed by atoms with Gasteiger partial charge in [-0.05, 0) is 87.9 Å². The molecule has 6 N–H and O–H groups in total. The maximum atomic E-state index is 12.9. The summed E-state index contributed by atoms with van der Waals surface area (Å²) in [7, 11) is -8.83. The number of ether oxygens (including phenoxy) is 1. The zero-order chi connectivity index (χ0) is 32.7. The SMILES string of the molecule is CC1(C)N=C(N)N=C(N)N1CCCOc1ccc(NC(=O)c2ccc(S(=O)(=O)F)cc2)cc1.Cc1ccc(S(=O)(=O)O)cc1. The molecule has 1 aliphatic rings. The molecule has 3 aromatic carbocycles. The van der Waals surface area contributed by atoms with Crippen LogP contribution in [0.5, 0.6) is 5.75 Å². The van der Waals surface area contributed by atoms with E-state index in [1.807, 2.05) is 25.7 Å². The molecule has 0 bridgehead atoms. The van der Waals surface area contributed by atoms with Crippen LogP contribution in [0.3, 0.4) is 0 Å². The number of benzene rings is 3. The molecule has 0 radical (unpaired) electrons. The average Bonchev–Trinajstić information content (AvgIpc) is 2.92. The fraction of sp³-hybridized carbons (Fsp3) is 0.250. The van der Waals surface area contributed by atoms with Gasteiger partial charge in [-0.3, -0.25) is 9.35 Å². The van der Waals surface area contributed by atoms with E-state index >= 15 is 0 Å². The predicted molar refractivity (Wildman–Crippen MR) is 164 cm³/mol. The van der Waals surface area contributed by atoms with Crippen molar-refractivity contribution in [3.63, 3.8) is 0 Å². The van der Waals surface area contributed by atoms with E-state index in [2.05, 4.69) is 15.3 Å². The van der Waals surface area contributed by atoms with Crippen LogP contribution in [0, 0.1) is 6.92 Å². The third kappa shape index (κ3) is 9.75. The van der Waals surface area contributed by atoms with Crippen LogP contribution in [0.2, 0.25) is 0 Å². The summed E-state index contributed by atoms with van der Waals surface area (Å²) in [6.07, 6.45) is 0.665. The molecule has 4 rings (SSSR count). The molecule has 3 aromatic rings. The minimum atomic E-state index is -4.81. The van der Waals surface area contributed by atoms with E-state index < -0.39 is 36.8 Å². The maximum Gasteiger partial charge on any atom is 0.332 e. The van der Waals surface area contributed by atoms with Gasteiger partial charge in [0.25, 0.3) is 16.0 Å². The predicted octanol–water partition coefficient (Wildman–Crippen LogP) is 3.29. The Morgan fingerprint density at radius 1 is 0.955 bits per heavy atom. The van der Waals surface area contributed by atoms with Crippen molar-refractivity contribution in [3.05, 3.63) is 83.9 Å². The number of rotatable bonds is 9. The van der Waals surface area contributed by atoms with Gasteiger partial charge in [0, 0.05) is 17.8 Å². The quantitative estimate of drug-likeness (QED) is 0.151. The van der Waals surface area contributed by atoms with Crippen LogP contribution in [-0.2, 0) is 20.3 Å². The molecule has 1 amide bonds. The van der Waals surface area contributed by atoms with Gasteiger partial charge < -0.3 is 26.4 Å². The molecule has 0 fully saturated rings. The van der Waals surface area contributed by atoms with Gasteiger partial charge in [0.15, 0.2) is 0 Å². The minimum Gasteiger partial charge on any atom is -0.494 e. The van der Waals surface area contributed by atoms with Crippen molar-refractivity contribution >= 4 is 43.9 Å². The number of aliphatic imine (C=N–C) groups is 2. The molecule has 0 aliphatic carbocycles. The van der Waals surface area contributed by atoms with E-state index in [1.165, 1.54) is 24.3 Å². The van der Waals surface area contributed by atoms with E-state index in [0.29, 0.717) is 37.0 Å². The molecule has 0 saturated carbocycles. The lowest BCUT2D eigenvalue weighted by Crippen LogP contribution is -2.54. The van der Waals surface area contributed by atoms with Crippen molar-refractivity contribution in [2.24, 2.45) is 21.5 Å². The molecule has 16 heteroatoms. The Morgan fingerprint density at radius 2 is 1.52 bits per heavy atom. The zero-order valence-electron chi connectivity index (χ0n) is 24.1. The summed E-state index contributed by atoms with van der Waals surface area (Å²) < 4.78 is 70.0. The number of nitrogens with one attached hydrogen (secondary N) is 1. The van der Waals surface area contributed by atoms with Gasteiger partial charge in [-0.2, -0.15) is 21.8 Å². The largest absolute Gasteiger partial charge is 0.494 e. The highest BCUT2D eigenvalue weighted by Gasteiger charge is 2.31. The van der Waals surface area contributed by atoms with Gasteiger partial charge in [0.05, 0.1) is 16.4 Å². The Bertz CT molecular complexity index is 1740. The number of carbonyl (C=O) groups is 1. The van der Waals surface area contributed by atoms with Crippen molar-refractivity contribution < 1.29 is 34.8 Å². The van der Waals surface area contributed by atoms with E-state index in [9.17, 15) is 25.5 Å². The van der Waals surface area contributed by atoms with Crippen molar-refractivity contribution in [1.82, 2.24) is 4.90 Å². The average molecular weight is 649 g/mol. The van der Waals surface area contributed by atoms with E-state index in [4.69, 9.17) is 20.8 Å². The number of halogens is 1. The summed E-state index contributed by atoms with van der Waals surface area (Å²) in [6, 6.07) is 17.3. The molecule has 1 aliphatic heterocycles. The minimum absolute atomic E-state index is 0.0666. The number of guanidine groups is 2. The van der Waals surface area contributed by atoms with Gasteiger partial charge >= 0.3 is 10.2 Å². The van der Waals surface area contributed by atoms with Crippen LogP contribution in [0.25, 0.3) is 0 Å². The van der Waals surface area contributed by atoms with Crippen molar-refractivity contribution in [3.8, 4) is 5.75 Å². The summed E-state index contributed by atoms with van der Waals surface area (Å²) in [5.74, 6) is 0.626. The molecular weight excluding hydrogens is 615 g/mol. The molecule has 236 valence electrons. The van der Waals surface area contributed by atoms with Crippen molar-refractivity contribution in [2.75, 3.05) is 18.5 Å². The molecule has 0 saturated heterocycles. The van der Waals surface area contributed by atoms with Crippen LogP contribution >= 0.6 is 0 Å². The number of aryl methyl sites for hydroxylation is 1. The molecule has 0 unspecified atom stereocenters. The third-order valence-electron chi connectivity index (χ3n) is 6.18. The van der Waals surface area contributed by atoms with Crippen LogP contribution < -0.4 is 21.5 Å². The highest BCUT2D eigenvalue weighted by atomic mass is 32.3. The monoisotopic (exact) mass is 648 g/mol. The van der Waals surface area contributed by atoms with Gasteiger partial charge in [-0.25, -0.2) is 4.99 Å². The molecule has 0 atom stereocenters. The number of hydrogen-bond donors (Lipinski definition) is 4. The number of nitrogens with zero attached hydrogens (tertiary/aromatic N) is 3. The normalized spacial score (nSPS) is 14.4. The third-order valence-corrected chi connectivity index (χ3v) is 7.88. The van der Waals surface area contributed by atoms with Crippen LogP contribution in [0.1, 0.15) is 36.2 Å². The lowest BCUT2D eigenvalue weighted by molar-refractivity contribution is 0.102. The van der Waals surface area contributed by atoms with Crippen LogP contribution in [0.15, 0.2) is 92.6 Å². The van der Waals surface area contributed by atoms with E-state index in [1.54, 1.807) is 36.4 Å². The Kier molecular flexibility index (Phi) is 10.7. The van der Waals surface area contributed by atoms with Crippen molar-refractivity contribution in [2.45, 2.75) is 42.6 Å². The number of hydrogen-bond acceptors (Lipinski definition) is 11. The summed E-state index contributed by atoms with van der Waals surface area (Å²) in [5.41, 5.74) is 12.7. The first-order valence-corrected chi connectivity index (χ1v) is 15.9. The summed E-state index contributed by atoms with van der Waals surface area (Å²) in [6.45, 7) is 6.64. The molecule has 1 heterocycles. The Hall–Kier alpha value is -4.54. The van der Waals surface area contributed by atoms with Gasteiger partial charge in [-0.1, -0.05) is 17.7 Å². The van der Waals surface area contributed by atoms with Crippen molar-refractivity contribution in [1.29, 1.82) is 0 Å². The fourth-order valence-corrected chi connectivity index (χ4v) is 4.88. The van der Waals surface area contributed by atoms with Gasteiger partial charge in [0.1, 0.15) is 11.4 Å². The molecule has 13 nitrogen and oxygen atoms in total.